The van der Waals surface area contributed by atoms with E-state index in [-0.39, 0.29) is 6.10 Å². The number of rotatable bonds is 6. The van der Waals surface area contributed by atoms with Crippen molar-refractivity contribution in [3.8, 4) is 0 Å². The van der Waals surface area contributed by atoms with Crippen LogP contribution < -0.4 is 5.73 Å². The SMILES string of the molecule is CC(C)CCCC(C)C(O)CN. The highest BCUT2D eigenvalue weighted by molar-refractivity contribution is 4.65. The molecule has 2 nitrogen and oxygen atoms in total. The molecule has 2 atom stereocenters. The zero-order chi connectivity index (χ0) is 9.56. The van der Waals surface area contributed by atoms with E-state index < -0.39 is 0 Å². The van der Waals surface area contributed by atoms with Gasteiger partial charge in [-0.1, -0.05) is 33.6 Å². The molecule has 12 heavy (non-hydrogen) atoms. The molecule has 0 spiro atoms. The van der Waals surface area contributed by atoms with E-state index in [9.17, 15) is 5.11 Å². The summed E-state index contributed by atoms with van der Waals surface area (Å²) in [6.07, 6.45) is 3.24. The maximum atomic E-state index is 9.37. The molecule has 0 aliphatic heterocycles. The van der Waals surface area contributed by atoms with Crippen LogP contribution >= 0.6 is 0 Å². The van der Waals surface area contributed by atoms with Crippen LogP contribution in [-0.2, 0) is 0 Å². The third-order valence-corrected chi connectivity index (χ3v) is 2.34. The Hall–Kier alpha value is -0.0800. The summed E-state index contributed by atoms with van der Waals surface area (Å²) in [5.74, 6) is 1.13. The molecule has 0 bridgehead atoms. The minimum Gasteiger partial charge on any atom is -0.392 e. The van der Waals surface area contributed by atoms with E-state index in [0.717, 1.165) is 12.3 Å². The Bertz CT molecular complexity index is 104. The van der Waals surface area contributed by atoms with Crippen LogP contribution in [0.3, 0.4) is 0 Å². The van der Waals surface area contributed by atoms with E-state index in [1.165, 1.54) is 12.8 Å². The van der Waals surface area contributed by atoms with Gasteiger partial charge in [-0.05, 0) is 18.3 Å². The largest absolute Gasteiger partial charge is 0.392 e. The Balaban J connectivity index is 3.37. The predicted octanol–water partition coefficient (Wildman–Crippen LogP) is 1.77. The third kappa shape index (κ3) is 5.56. The highest BCUT2D eigenvalue weighted by Crippen LogP contribution is 2.14. The van der Waals surface area contributed by atoms with E-state index >= 15 is 0 Å². The Kier molecular flexibility index (Phi) is 6.39. The van der Waals surface area contributed by atoms with Gasteiger partial charge >= 0.3 is 0 Å². The summed E-state index contributed by atoms with van der Waals surface area (Å²) in [5.41, 5.74) is 5.35. The van der Waals surface area contributed by atoms with Gasteiger partial charge in [0.05, 0.1) is 6.10 Å². The van der Waals surface area contributed by atoms with E-state index in [2.05, 4.69) is 20.8 Å². The summed E-state index contributed by atoms with van der Waals surface area (Å²) in [7, 11) is 0. The van der Waals surface area contributed by atoms with Gasteiger partial charge < -0.3 is 10.8 Å². The monoisotopic (exact) mass is 173 g/mol. The van der Waals surface area contributed by atoms with Crippen molar-refractivity contribution in [2.24, 2.45) is 17.6 Å². The lowest BCUT2D eigenvalue weighted by Crippen LogP contribution is -2.26. The summed E-state index contributed by atoms with van der Waals surface area (Å²) >= 11 is 0. The smallest absolute Gasteiger partial charge is 0.0687 e. The van der Waals surface area contributed by atoms with Crippen molar-refractivity contribution in [1.29, 1.82) is 0 Å². The summed E-state index contributed by atoms with van der Waals surface area (Å²) in [5, 5.41) is 9.37. The fourth-order valence-electron chi connectivity index (χ4n) is 1.27. The molecule has 3 N–H and O–H groups in total. The van der Waals surface area contributed by atoms with Crippen molar-refractivity contribution in [3.05, 3.63) is 0 Å². The lowest BCUT2D eigenvalue weighted by Gasteiger charge is -2.17. The number of aliphatic hydroxyl groups excluding tert-OH is 1. The number of hydrogen-bond donors (Lipinski definition) is 2. The normalized spacial score (nSPS) is 16.5. The molecule has 0 fully saturated rings. The Morgan fingerprint density at radius 1 is 1.17 bits per heavy atom. The summed E-state index contributed by atoms with van der Waals surface area (Å²) in [4.78, 5) is 0. The number of aliphatic hydroxyl groups is 1. The Morgan fingerprint density at radius 3 is 2.17 bits per heavy atom. The van der Waals surface area contributed by atoms with Gasteiger partial charge in [0.2, 0.25) is 0 Å². The molecule has 0 radical (unpaired) electrons. The molecule has 0 aromatic rings. The molecule has 0 aromatic carbocycles. The van der Waals surface area contributed by atoms with Crippen LogP contribution in [0.5, 0.6) is 0 Å². The number of hydrogen-bond acceptors (Lipinski definition) is 2. The number of nitrogens with two attached hydrogens (primary N) is 1. The Morgan fingerprint density at radius 2 is 1.75 bits per heavy atom. The zero-order valence-electron chi connectivity index (χ0n) is 8.59. The van der Waals surface area contributed by atoms with Crippen LogP contribution in [-0.4, -0.2) is 17.8 Å². The van der Waals surface area contributed by atoms with Crippen molar-refractivity contribution < 1.29 is 5.11 Å². The van der Waals surface area contributed by atoms with Gasteiger partial charge in [0.15, 0.2) is 0 Å². The van der Waals surface area contributed by atoms with Gasteiger partial charge in [-0.2, -0.15) is 0 Å². The zero-order valence-corrected chi connectivity index (χ0v) is 8.59. The molecule has 0 aromatic heterocycles. The molecule has 0 aliphatic rings. The molecule has 0 rings (SSSR count). The molecule has 0 amide bonds. The van der Waals surface area contributed by atoms with Crippen molar-refractivity contribution in [1.82, 2.24) is 0 Å². The minimum absolute atomic E-state index is 0.308. The maximum absolute atomic E-state index is 9.37. The second-order valence-electron chi connectivity index (χ2n) is 4.11. The van der Waals surface area contributed by atoms with E-state index in [1.807, 2.05) is 0 Å². The maximum Gasteiger partial charge on any atom is 0.0687 e. The first kappa shape index (κ1) is 11.9. The first-order valence-electron chi connectivity index (χ1n) is 4.96. The molecule has 0 saturated carbocycles. The van der Waals surface area contributed by atoms with Gasteiger partial charge in [0.1, 0.15) is 0 Å². The molecule has 0 saturated heterocycles. The van der Waals surface area contributed by atoms with Gasteiger partial charge in [-0.15, -0.1) is 0 Å². The van der Waals surface area contributed by atoms with Crippen molar-refractivity contribution in [3.63, 3.8) is 0 Å². The van der Waals surface area contributed by atoms with Gasteiger partial charge in [0.25, 0.3) is 0 Å². The van der Waals surface area contributed by atoms with Gasteiger partial charge in [0, 0.05) is 6.54 Å². The fraction of sp³-hybridized carbons (Fsp3) is 1.00. The highest BCUT2D eigenvalue weighted by Gasteiger charge is 2.11. The van der Waals surface area contributed by atoms with Gasteiger partial charge in [-0.3, -0.25) is 0 Å². The molecule has 2 unspecified atom stereocenters. The standard InChI is InChI=1S/C10H23NO/c1-8(2)5-4-6-9(3)10(12)7-11/h8-10,12H,4-7,11H2,1-3H3. The van der Waals surface area contributed by atoms with Crippen LogP contribution in [0.1, 0.15) is 40.0 Å². The molecular weight excluding hydrogens is 150 g/mol. The molecule has 2 heteroatoms. The highest BCUT2D eigenvalue weighted by atomic mass is 16.3. The van der Waals surface area contributed by atoms with Crippen LogP contribution in [0.25, 0.3) is 0 Å². The first-order chi connectivity index (χ1) is 5.57. The van der Waals surface area contributed by atoms with Crippen LogP contribution in [0.4, 0.5) is 0 Å². The minimum atomic E-state index is -0.308. The summed E-state index contributed by atoms with van der Waals surface area (Å²) in [6, 6.07) is 0. The van der Waals surface area contributed by atoms with Crippen molar-refractivity contribution in [2.75, 3.05) is 6.54 Å². The Labute approximate surface area is 76.2 Å². The molecule has 0 aliphatic carbocycles. The van der Waals surface area contributed by atoms with Crippen LogP contribution in [0.2, 0.25) is 0 Å². The lowest BCUT2D eigenvalue weighted by molar-refractivity contribution is 0.117. The van der Waals surface area contributed by atoms with Crippen molar-refractivity contribution in [2.45, 2.75) is 46.1 Å². The average molecular weight is 173 g/mol. The predicted molar refractivity (Wildman–Crippen MR) is 52.9 cm³/mol. The topological polar surface area (TPSA) is 46.2 Å². The van der Waals surface area contributed by atoms with E-state index in [0.29, 0.717) is 12.5 Å². The van der Waals surface area contributed by atoms with Crippen LogP contribution in [0.15, 0.2) is 0 Å². The third-order valence-electron chi connectivity index (χ3n) is 2.34. The second kappa shape index (κ2) is 6.44. The molecule has 0 heterocycles. The van der Waals surface area contributed by atoms with Crippen LogP contribution in [0, 0.1) is 11.8 Å². The molecule has 74 valence electrons. The van der Waals surface area contributed by atoms with E-state index in [4.69, 9.17) is 5.73 Å². The quantitative estimate of drug-likeness (QED) is 0.643. The summed E-state index contributed by atoms with van der Waals surface area (Å²) < 4.78 is 0. The molecular formula is C10H23NO. The second-order valence-corrected chi connectivity index (χ2v) is 4.11. The fourth-order valence-corrected chi connectivity index (χ4v) is 1.27. The lowest BCUT2D eigenvalue weighted by atomic mass is 9.95. The first-order valence-corrected chi connectivity index (χ1v) is 4.96. The average Bonchev–Trinajstić information content (AvgIpc) is 2.02. The van der Waals surface area contributed by atoms with Crippen molar-refractivity contribution >= 4 is 0 Å². The van der Waals surface area contributed by atoms with Gasteiger partial charge in [-0.25, -0.2) is 0 Å². The van der Waals surface area contributed by atoms with E-state index in [1.54, 1.807) is 0 Å². The summed E-state index contributed by atoms with van der Waals surface area (Å²) in [6.45, 7) is 6.91.